The molecule has 3 aromatic rings. The molecule has 0 aliphatic carbocycles. The van der Waals surface area contributed by atoms with Crippen molar-refractivity contribution in [3.05, 3.63) is 82.9 Å². The Morgan fingerprint density at radius 3 is 2.52 bits per heavy atom. The second-order valence-electron chi connectivity index (χ2n) is 6.44. The number of aromatic nitrogens is 1. The van der Waals surface area contributed by atoms with Crippen LogP contribution in [0.5, 0.6) is 0 Å². The largest absolute Gasteiger partial charge is 0.252 e. The van der Waals surface area contributed by atoms with E-state index in [9.17, 15) is 0 Å². The molecule has 2 heterocycles. The van der Waals surface area contributed by atoms with Crippen molar-refractivity contribution in [2.45, 2.75) is 18.7 Å². The Bertz CT molecular complexity index is 1010. The van der Waals surface area contributed by atoms with E-state index in [-0.39, 0.29) is 0 Å². The van der Waals surface area contributed by atoms with E-state index in [1.807, 2.05) is 17.8 Å². The number of thiazole rings is 1. The molecule has 2 aromatic carbocycles. The molecule has 0 spiro atoms. The number of benzene rings is 2. The van der Waals surface area contributed by atoms with Gasteiger partial charge in [0.15, 0.2) is 10.7 Å². The lowest BCUT2D eigenvalue weighted by molar-refractivity contribution is 0.400. The minimum atomic E-state index is 0.937. The zero-order valence-corrected chi connectivity index (χ0v) is 17.3. The average Bonchev–Trinajstić information content (AvgIpc) is 3.26. The van der Waals surface area contributed by atoms with E-state index in [1.54, 1.807) is 11.3 Å². The van der Waals surface area contributed by atoms with Crippen LogP contribution in [0.4, 0.5) is 5.69 Å². The van der Waals surface area contributed by atoms with Crippen LogP contribution >= 0.6 is 23.1 Å². The summed E-state index contributed by atoms with van der Waals surface area (Å²) in [6.07, 6.45) is 10.7. The van der Waals surface area contributed by atoms with Gasteiger partial charge in [0.05, 0.1) is 28.2 Å². The molecule has 1 aliphatic rings. The molecule has 0 saturated heterocycles. The molecule has 0 bridgehead atoms. The topological polar surface area (TPSA) is 12.9 Å². The first kappa shape index (κ1) is 18.2. The fourth-order valence-electron chi connectivity index (χ4n) is 3.57. The molecule has 0 atom stereocenters. The number of thioether (sulfide) groups is 1. The van der Waals surface area contributed by atoms with Gasteiger partial charge in [-0.25, -0.2) is 4.98 Å². The quantitative estimate of drug-likeness (QED) is 0.348. The van der Waals surface area contributed by atoms with Crippen molar-refractivity contribution in [1.82, 2.24) is 9.47 Å². The highest BCUT2D eigenvalue weighted by Crippen LogP contribution is 2.50. The first-order valence-electron chi connectivity index (χ1n) is 9.32. The molecular weight excluding hydrogens is 368 g/mol. The Morgan fingerprint density at radius 1 is 0.926 bits per heavy atom. The Labute approximate surface area is 169 Å². The first-order valence-corrected chi connectivity index (χ1v) is 11.0. The fourth-order valence-corrected chi connectivity index (χ4v) is 5.85. The highest BCUT2D eigenvalue weighted by atomic mass is 32.2. The lowest BCUT2D eigenvalue weighted by Crippen LogP contribution is -2.44. The van der Waals surface area contributed by atoms with Gasteiger partial charge in [-0.15, -0.1) is 11.3 Å². The summed E-state index contributed by atoms with van der Waals surface area (Å²) in [5.41, 5.74) is 2.50. The maximum Gasteiger partial charge on any atom is 0.177 e. The van der Waals surface area contributed by atoms with Crippen molar-refractivity contribution < 1.29 is 0 Å². The second kappa shape index (κ2) is 7.85. The van der Waals surface area contributed by atoms with Crippen LogP contribution in [0, 0.1) is 0 Å². The molecule has 0 amide bonds. The van der Waals surface area contributed by atoms with Crippen molar-refractivity contribution in [1.29, 1.82) is 0 Å². The molecule has 0 unspecified atom stereocenters. The molecule has 4 heteroatoms. The zero-order chi connectivity index (χ0) is 18.7. The maximum absolute atomic E-state index is 4.64. The van der Waals surface area contributed by atoms with Gasteiger partial charge in [-0.1, -0.05) is 42.5 Å². The molecule has 4 rings (SSSR count). The van der Waals surface area contributed by atoms with Crippen LogP contribution in [0.25, 0.3) is 16.3 Å². The smallest absolute Gasteiger partial charge is 0.177 e. The molecule has 1 aromatic heterocycles. The molecule has 1 aliphatic heterocycles. The number of allylic oxidation sites excluding steroid dienone is 4. The highest BCUT2D eigenvalue weighted by Gasteiger charge is 2.41. The van der Waals surface area contributed by atoms with Gasteiger partial charge < -0.3 is 0 Å². The van der Waals surface area contributed by atoms with Crippen LogP contribution in [-0.2, 0) is 0 Å². The number of quaternary nitrogens is 1. The Balaban J connectivity index is 1.53. The third-order valence-corrected chi connectivity index (χ3v) is 7.31. The maximum atomic E-state index is 4.64. The summed E-state index contributed by atoms with van der Waals surface area (Å²) in [4.78, 5) is 6.02. The predicted octanol–water partition coefficient (Wildman–Crippen LogP) is 6.86. The summed E-state index contributed by atoms with van der Waals surface area (Å²) < 4.78 is 2.17. The minimum absolute atomic E-state index is 0.937. The predicted molar refractivity (Wildman–Crippen MR) is 121 cm³/mol. The number of hydrogen-bond donors (Lipinski definition) is 0. The van der Waals surface area contributed by atoms with Crippen molar-refractivity contribution in [2.75, 3.05) is 13.1 Å². The first-order chi connectivity index (χ1) is 13.3. The van der Waals surface area contributed by atoms with Crippen molar-refractivity contribution >= 4 is 45.1 Å². The SMILES string of the molecule is CC[N+]1(CC)C(=CC=CC=Cc2nc3ccccc3s2)Sc2ccccc21. The molecule has 136 valence electrons. The monoisotopic (exact) mass is 391 g/mol. The zero-order valence-electron chi connectivity index (χ0n) is 15.6. The van der Waals surface area contributed by atoms with Gasteiger partial charge in [-0.2, -0.15) is 0 Å². The van der Waals surface area contributed by atoms with E-state index >= 15 is 0 Å². The molecule has 0 N–H and O–H groups in total. The Kier molecular flexibility index (Phi) is 5.30. The summed E-state index contributed by atoms with van der Waals surface area (Å²) >= 11 is 3.62. The van der Waals surface area contributed by atoms with Gasteiger partial charge in [0.2, 0.25) is 0 Å². The number of fused-ring (bicyclic) bond motifs is 2. The van der Waals surface area contributed by atoms with Gasteiger partial charge in [0, 0.05) is 12.1 Å². The molecule has 27 heavy (non-hydrogen) atoms. The van der Waals surface area contributed by atoms with Crippen LogP contribution < -0.4 is 4.48 Å². The highest BCUT2D eigenvalue weighted by molar-refractivity contribution is 8.03. The Hall–Kier alpha value is -2.14. The van der Waals surface area contributed by atoms with E-state index in [0.29, 0.717) is 0 Å². The third kappa shape index (κ3) is 3.41. The van der Waals surface area contributed by atoms with Crippen LogP contribution in [0.2, 0.25) is 0 Å². The van der Waals surface area contributed by atoms with Gasteiger partial charge in [0.1, 0.15) is 5.01 Å². The van der Waals surface area contributed by atoms with E-state index in [4.69, 9.17) is 0 Å². The molecule has 2 nitrogen and oxygen atoms in total. The summed E-state index contributed by atoms with van der Waals surface area (Å²) in [5.74, 6) is 0. The lowest BCUT2D eigenvalue weighted by Gasteiger charge is -2.32. The van der Waals surface area contributed by atoms with E-state index in [1.165, 1.54) is 20.3 Å². The summed E-state index contributed by atoms with van der Waals surface area (Å²) in [6.45, 7) is 6.69. The summed E-state index contributed by atoms with van der Waals surface area (Å²) in [6, 6.07) is 17.1. The van der Waals surface area contributed by atoms with Crippen molar-refractivity contribution in [3.63, 3.8) is 0 Å². The molecule has 0 fully saturated rings. The minimum Gasteiger partial charge on any atom is -0.252 e. The lowest BCUT2D eigenvalue weighted by atomic mass is 10.2. The van der Waals surface area contributed by atoms with E-state index in [0.717, 1.165) is 28.1 Å². The summed E-state index contributed by atoms with van der Waals surface area (Å²) in [7, 11) is 0. The van der Waals surface area contributed by atoms with Crippen LogP contribution in [0.3, 0.4) is 0 Å². The van der Waals surface area contributed by atoms with Crippen molar-refractivity contribution in [3.8, 4) is 0 Å². The molecule has 0 saturated carbocycles. The average molecular weight is 392 g/mol. The third-order valence-electron chi connectivity index (χ3n) is 5.05. The van der Waals surface area contributed by atoms with Crippen LogP contribution in [0.1, 0.15) is 18.9 Å². The second-order valence-corrected chi connectivity index (χ2v) is 8.56. The number of rotatable bonds is 5. The van der Waals surface area contributed by atoms with Gasteiger partial charge >= 0.3 is 0 Å². The van der Waals surface area contributed by atoms with Crippen LogP contribution in [0.15, 0.2) is 82.8 Å². The van der Waals surface area contributed by atoms with Crippen LogP contribution in [-0.4, -0.2) is 18.1 Å². The number of nitrogens with zero attached hydrogens (tertiary/aromatic N) is 2. The van der Waals surface area contributed by atoms with Gasteiger partial charge in [-0.05, 0) is 49.9 Å². The fraction of sp³-hybridized carbons (Fsp3) is 0.174. The van der Waals surface area contributed by atoms with Gasteiger partial charge in [-0.3, -0.25) is 4.48 Å². The van der Waals surface area contributed by atoms with Crippen molar-refractivity contribution in [2.24, 2.45) is 0 Å². The standard InChI is InChI=1S/C23H23N2S2/c1-3-25(4-2)19-13-9-11-15-21(19)27-23(25)17-7-5-6-16-22-24-18-12-8-10-14-20(18)26-22/h5-17H,3-4H2,1-2H3/q+1. The number of para-hydroxylation sites is 2. The van der Waals surface area contributed by atoms with E-state index < -0.39 is 0 Å². The number of hydrogen-bond acceptors (Lipinski definition) is 3. The molecule has 0 radical (unpaired) electrons. The van der Waals surface area contributed by atoms with E-state index in [2.05, 4.69) is 91.7 Å². The normalized spacial score (nSPS) is 17.5. The van der Waals surface area contributed by atoms with Gasteiger partial charge in [0.25, 0.3) is 0 Å². The summed E-state index contributed by atoms with van der Waals surface area (Å²) in [5, 5.41) is 2.44. The Morgan fingerprint density at radius 2 is 1.70 bits per heavy atom. The molecular formula is C23H23N2S2+.